The number of thiophene rings is 1. The molecule has 2 heterocycles. The van der Waals surface area contributed by atoms with Gasteiger partial charge in [0.15, 0.2) is 0 Å². The molecule has 2 aromatic rings. The van der Waals surface area contributed by atoms with E-state index in [4.69, 9.17) is 5.73 Å². The van der Waals surface area contributed by atoms with Gasteiger partial charge in [-0.2, -0.15) is 5.10 Å². The smallest absolute Gasteiger partial charge is 0.108 e. The molecule has 3 nitrogen and oxygen atoms in total. The zero-order chi connectivity index (χ0) is 13.8. The van der Waals surface area contributed by atoms with Crippen molar-refractivity contribution in [3.8, 4) is 10.6 Å². The molecule has 0 spiro atoms. The van der Waals surface area contributed by atoms with E-state index < -0.39 is 0 Å². The Kier molecular flexibility index (Phi) is 5.01. The molecule has 0 saturated carbocycles. The molecule has 0 atom stereocenters. The van der Waals surface area contributed by atoms with Gasteiger partial charge in [-0.25, -0.2) is 0 Å². The molecule has 0 aliphatic heterocycles. The number of alkyl halides is 1. The number of nitrogens with two attached hydrogens (primary N) is 1. The summed E-state index contributed by atoms with van der Waals surface area (Å²) in [7, 11) is 1.94. The first kappa shape index (κ1) is 14.6. The van der Waals surface area contributed by atoms with Crippen molar-refractivity contribution in [2.45, 2.75) is 24.4 Å². The first-order valence-electron chi connectivity index (χ1n) is 6.15. The van der Waals surface area contributed by atoms with Crippen molar-refractivity contribution in [1.29, 1.82) is 0 Å². The summed E-state index contributed by atoms with van der Waals surface area (Å²) in [6, 6.07) is 2.10. The van der Waals surface area contributed by atoms with Crippen LogP contribution < -0.4 is 5.73 Å². The van der Waals surface area contributed by atoms with E-state index in [1.807, 2.05) is 18.0 Å². The van der Waals surface area contributed by atoms with E-state index in [1.54, 1.807) is 23.1 Å². The van der Waals surface area contributed by atoms with Gasteiger partial charge in [-0.1, -0.05) is 0 Å². The fourth-order valence-corrected chi connectivity index (χ4v) is 3.78. The van der Waals surface area contributed by atoms with Gasteiger partial charge in [-0.05, 0) is 36.1 Å². The lowest BCUT2D eigenvalue weighted by molar-refractivity contribution is 0.473. The second-order valence-electron chi connectivity index (χ2n) is 4.28. The van der Waals surface area contributed by atoms with Gasteiger partial charge in [0.05, 0.1) is 16.6 Å². The molecule has 0 saturated heterocycles. The highest BCUT2D eigenvalue weighted by molar-refractivity contribution is 7.98. The van der Waals surface area contributed by atoms with Gasteiger partial charge < -0.3 is 5.73 Å². The van der Waals surface area contributed by atoms with E-state index in [1.165, 1.54) is 5.56 Å². The topological polar surface area (TPSA) is 43.8 Å². The molecule has 0 amide bonds. The quantitative estimate of drug-likeness (QED) is 0.833. The lowest BCUT2D eigenvalue weighted by atomic mass is 10.1. The van der Waals surface area contributed by atoms with Crippen LogP contribution in [-0.2, 0) is 20.0 Å². The first-order chi connectivity index (χ1) is 9.21. The van der Waals surface area contributed by atoms with Crippen LogP contribution in [0.4, 0.5) is 4.39 Å². The minimum absolute atomic E-state index is 0.264. The molecule has 2 aromatic heterocycles. The van der Waals surface area contributed by atoms with Gasteiger partial charge in [0.25, 0.3) is 0 Å². The third-order valence-corrected chi connectivity index (χ3v) is 4.85. The van der Waals surface area contributed by atoms with Gasteiger partial charge in [0.1, 0.15) is 5.69 Å². The Balaban J connectivity index is 2.33. The van der Waals surface area contributed by atoms with Crippen molar-refractivity contribution in [2.24, 2.45) is 12.8 Å². The van der Waals surface area contributed by atoms with Crippen LogP contribution >= 0.6 is 23.1 Å². The number of thioether (sulfide) groups is 1. The van der Waals surface area contributed by atoms with Crippen LogP contribution in [0, 0.1) is 0 Å². The fraction of sp³-hybridized carbons (Fsp3) is 0.462. The Morgan fingerprint density at radius 1 is 1.53 bits per heavy atom. The second-order valence-corrected chi connectivity index (χ2v) is 5.98. The highest BCUT2D eigenvalue weighted by atomic mass is 32.2. The molecule has 0 aromatic carbocycles. The molecule has 104 valence electrons. The van der Waals surface area contributed by atoms with Crippen molar-refractivity contribution in [3.63, 3.8) is 0 Å². The third kappa shape index (κ3) is 3.01. The Hall–Kier alpha value is -0.850. The predicted octanol–water partition coefficient (Wildman–Crippen LogP) is 3.23. The Labute approximate surface area is 121 Å². The number of rotatable bonds is 6. The van der Waals surface area contributed by atoms with E-state index in [0.29, 0.717) is 13.0 Å². The van der Waals surface area contributed by atoms with Crippen LogP contribution in [0.15, 0.2) is 16.5 Å². The summed E-state index contributed by atoms with van der Waals surface area (Å²) >= 11 is 3.31. The SMILES string of the molecule is CSc1c(CN)c(-c2cc(CCCF)cs2)nn1C. The molecule has 0 aliphatic carbocycles. The van der Waals surface area contributed by atoms with Crippen LogP contribution in [0.2, 0.25) is 0 Å². The van der Waals surface area contributed by atoms with Gasteiger partial charge in [0, 0.05) is 19.2 Å². The number of nitrogens with zero attached hydrogens (tertiary/aromatic N) is 2. The maximum atomic E-state index is 12.2. The van der Waals surface area contributed by atoms with E-state index in [-0.39, 0.29) is 6.67 Å². The minimum Gasteiger partial charge on any atom is -0.326 e. The molecule has 0 bridgehead atoms. The largest absolute Gasteiger partial charge is 0.326 e. The molecule has 2 N–H and O–H groups in total. The predicted molar refractivity (Wildman–Crippen MR) is 80.5 cm³/mol. The molecule has 0 radical (unpaired) electrons. The zero-order valence-corrected chi connectivity index (χ0v) is 12.8. The molecule has 6 heteroatoms. The molecule has 0 unspecified atom stereocenters. The van der Waals surface area contributed by atoms with E-state index in [2.05, 4.69) is 16.5 Å². The molecule has 2 rings (SSSR count). The highest BCUT2D eigenvalue weighted by Gasteiger charge is 2.17. The summed E-state index contributed by atoms with van der Waals surface area (Å²) in [4.78, 5) is 1.12. The van der Waals surface area contributed by atoms with E-state index >= 15 is 0 Å². The Morgan fingerprint density at radius 2 is 2.32 bits per heavy atom. The number of hydrogen-bond donors (Lipinski definition) is 1. The standard InChI is InChI=1S/C13H18FN3S2/c1-17-13(18-2)10(7-15)12(16-17)11-6-9(8-19-11)4-3-5-14/h6,8H,3-5,7,15H2,1-2H3. The number of aromatic nitrogens is 2. The van der Waals surface area contributed by atoms with Crippen LogP contribution in [0.3, 0.4) is 0 Å². The van der Waals surface area contributed by atoms with Crippen LogP contribution in [0.1, 0.15) is 17.5 Å². The number of halogens is 1. The van der Waals surface area contributed by atoms with Gasteiger partial charge in [0.2, 0.25) is 0 Å². The maximum Gasteiger partial charge on any atom is 0.108 e. The molecule has 0 aliphatic rings. The lowest BCUT2D eigenvalue weighted by Gasteiger charge is -2.00. The van der Waals surface area contributed by atoms with Crippen molar-refractivity contribution < 1.29 is 4.39 Å². The van der Waals surface area contributed by atoms with Crippen molar-refractivity contribution in [3.05, 3.63) is 22.6 Å². The molecule has 0 fully saturated rings. The monoisotopic (exact) mass is 299 g/mol. The normalized spacial score (nSPS) is 11.2. The summed E-state index contributed by atoms with van der Waals surface area (Å²) in [6.45, 7) is 0.219. The first-order valence-corrected chi connectivity index (χ1v) is 8.25. The van der Waals surface area contributed by atoms with Gasteiger partial charge >= 0.3 is 0 Å². The van der Waals surface area contributed by atoms with Crippen LogP contribution in [0.25, 0.3) is 10.6 Å². The zero-order valence-electron chi connectivity index (χ0n) is 11.1. The third-order valence-electron chi connectivity index (χ3n) is 2.97. The van der Waals surface area contributed by atoms with E-state index in [9.17, 15) is 4.39 Å². The van der Waals surface area contributed by atoms with Gasteiger partial charge in [-0.15, -0.1) is 23.1 Å². The average molecular weight is 299 g/mol. The summed E-state index contributed by atoms with van der Waals surface area (Å²) in [6.07, 6.45) is 3.40. The number of aryl methyl sites for hydroxylation is 2. The van der Waals surface area contributed by atoms with Gasteiger partial charge in [-0.3, -0.25) is 9.07 Å². The lowest BCUT2D eigenvalue weighted by Crippen LogP contribution is -1.99. The molecular formula is C13H18FN3S2. The summed E-state index contributed by atoms with van der Waals surface area (Å²) in [5.41, 5.74) is 9.09. The maximum absolute atomic E-state index is 12.2. The minimum atomic E-state index is -0.264. The van der Waals surface area contributed by atoms with E-state index in [0.717, 1.165) is 27.6 Å². The van der Waals surface area contributed by atoms with Crippen molar-refractivity contribution in [2.75, 3.05) is 12.9 Å². The van der Waals surface area contributed by atoms with Crippen LogP contribution in [0.5, 0.6) is 0 Å². The Morgan fingerprint density at radius 3 is 2.95 bits per heavy atom. The summed E-state index contributed by atoms with van der Waals surface area (Å²) < 4.78 is 14.1. The number of hydrogen-bond acceptors (Lipinski definition) is 4. The van der Waals surface area contributed by atoms with Crippen LogP contribution in [-0.4, -0.2) is 22.7 Å². The average Bonchev–Trinajstić information content (AvgIpc) is 2.99. The summed E-state index contributed by atoms with van der Waals surface area (Å²) in [5, 5.41) is 7.76. The second kappa shape index (κ2) is 6.54. The van der Waals surface area contributed by atoms with Crippen molar-refractivity contribution >= 4 is 23.1 Å². The highest BCUT2D eigenvalue weighted by Crippen LogP contribution is 2.33. The van der Waals surface area contributed by atoms with Crippen molar-refractivity contribution in [1.82, 2.24) is 9.78 Å². The Bertz CT molecular complexity index is 548. The summed E-state index contributed by atoms with van der Waals surface area (Å²) in [5.74, 6) is 0. The molecule has 19 heavy (non-hydrogen) atoms. The fourth-order valence-electron chi connectivity index (χ4n) is 2.09. The molecular weight excluding hydrogens is 281 g/mol.